The van der Waals surface area contributed by atoms with Gasteiger partial charge in [-0.2, -0.15) is 5.10 Å². The van der Waals surface area contributed by atoms with Crippen LogP contribution in [0, 0.1) is 0 Å². The van der Waals surface area contributed by atoms with Crippen molar-refractivity contribution in [1.29, 1.82) is 0 Å². The molecule has 0 atom stereocenters. The zero-order valence-electron chi connectivity index (χ0n) is 9.41. The smallest absolute Gasteiger partial charge is 0.228 e. The summed E-state index contributed by atoms with van der Waals surface area (Å²) < 4.78 is 0. The third kappa shape index (κ3) is 2.17. The van der Waals surface area contributed by atoms with Gasteiger partial charge in [-0.1, -0.05) is 6.07 Å². The summed E-state index contributed by atoms with van der Waals surface area (Å²) in [6.45, 7) is 0. The second-order valence-corrected chi connectivity index (χ2v) is 3.58. The monoisotopic (exact) mass is 238 g/mol. The first-order valence-corrected chi connectivity index (χ1v) is 5.43. The van der Waals surface area contributed by atoms with Crippen molar-refractivity contribution in [2.24, 2.45) is 0 Å². The lowest BCUT2D eigenvalue weighted by molar-refractivity contribution is 1.08. The largest absolute Gasteiger partial charge is 0.309 e. The number of anilines is 2. The molecule has 2 N–H and O–H groups in total. The Kier molecular flexibility index (Phi) is 2.67. The third-order valence-corrected chi connectivity index (χ3v) is 2.34. The summed E-state index contributed by atoms with van der Waals surface area (Å²) in [6.07, 6.45) is 5.08. The molecule has 0 aromatic carbocycles. The Morgan fingerprint density at radius 3 is 2.72 bits per heavy atom. The molecule has 18 heavy (non-hydrogen) atoms. The van der Waals surface area contributed by atoms with Crippen molar-refractivity contribution in [1.82, 2.24) is 25.1 Å². The van der Waals surface area contributed by atoms with E-state index < -0.39 is 0 Å². The summed E-state index contributed by atoms with van der Waals surface area (Å²) in [5, 5.41) is 9.79. The van der Waals surface area contributed by atoms with E-state index in [4.69, 9.17) is 0 Å². The first-order valence-electron chi connectivity index (χ1n) is 5.43. The van der Waals surface area contributed by atoms with Crippen molar-refractivity contribution in [2.45, 2.75) is 0 Å². The Bertz CT molecular complexity index is 620. The Morgan fingerprint density at radius 1 is 0.944 bits per heavy atom. The topological polar surface area (TPSA) is 79.4 Å². The average Bonchev–Trinajstić information content (AvgIpc) is 2.94. The van der Waals surface area contributed by atoms with Crippen LogP contribution in [0.15, 0.2) is 48.9 Å². The Labute approximate surface area is 103 Å². The van der Waals surface area contributed by atoms with Gasteiger partial charge in [0.1, 0.15) is 5.82 Å². The van der Waals surface area contributed by atoms with Gasteiger partial charge in [0.25, 0.3) is 0 Å². The lowest BCUT2D eigenvalue weighted by Crippen LogP contribution is -1.99. The molecule has 0 unspecified atom stereocenters. The molecular formula is C12H10N6. The van der Waals surface area contributed by atoms with Crippen molar-refractivity contribution < 1.29 is 0 Å². The van der Waals surface area contributed by atoms with Gasteiger partial charge in [-0.25, -0.2) is 15.0 Å². The van der Waals surface area contributed by atoms with Crippen molar-refractivity contribution in [2.75, 3.05) is 5.32 Å². The Morgan fingerprint density at radius 2 is 1.94 bits per heavy atom. The maximum absolute atomic E-state index is 4.38. The molecule has 3 heterocycles. The molecule has 0 bridgehead atoms. The minimum atomic E-state index is 0.501. The summed E-state index contributed by atoms with van der Waals surface area (Å²) in [5.74, 6) is 1.21. The second-order valence-electron chi connectivity index (χ2n) is 3.58. The quantitative estimate of drug-likeness (QED) is 0.729. The zero-order valence-corrected chi connectivity index (χ0v) is 9.41. The van der Waals surface area contributed by atoms with Gasteiger partial charge in [-0.05, 0) is 24.3 Å². The molecule has 88 valence electrons. The molecule has 0 amide bonds. The van der Waals surface area contributed by atoms with Crippen LogP contribution >= 0.6 is 0 Å². The number of hydrogen-bond acceptors (Lipinski definition) is 5. The number of nitrogens with zero attached hydrogens (tertiary/aromatic N) is 4. The summed E-state index contributed by atoms with van der Waals surface area (Å²) in [4.78, 5) is 12.7. The van der Waals surface area contributed by atoms with E-state index in [9.17, 15) is 0 Å². The first kappa shape index (κ1) is 10.4. The van der Waals surface area contributed by atoms with Crippen LogP contribution in [0.5, 0.6) is 0 Å². The fraction of sp³-hybridized carbons (Fsp3) is 0. The van der Waals surface area contributed by atoms with Crippen molar-refractivity contribution >= 4 is 11.8 Å². The molecule has 3 rings (SSSR count). The number of aromatic amines is 1. The van der Waals surface area contributed by atoms with Crippen LogP contribution in [-0.4, -0.2) is 25.1 Å². The van der Waals surface area contributed by atoms with E-state index in [-0.39, 0.29) is 0 Å². The number of pyridine rings is 1. The molecule has 0 fully saturated rings. The minimum Gasteiger partial charge on any atom is -0.309 e. The second kappa shape index (κ2) is 4.62. The normalized spacial score (nSPS) is 10.2. The molecule has 0 radical (unpaired) electrons. The maximum atomic E-state index is 4.38. The fourth-order valence-corrected chi connectivity index (χ4v) is 1.52. The van der Waals surface area contributed by atoms with E-state index in [2.05, 4.69) is 30.5 Å². The lowest BCUT2D eigenvalue weighted by Gasteiger charge is -2.04. The van der Waals surface area contributed by atoms with E-state index >= 15 is 0 Å². The number of rotatable bonds is 3. The summed E-state index contributed by atoms with van der Waals surface area (Å²) in [7, 11) is 0. The van der Waals surface area contributed by atoms with Crippen LogP contribution in [-0.2, 0) is 0 Å². The van der Waals surface area contributed by atoms with Gasteiger partial charge in [0.05, 0.1) is 11.4 Å². The molecule has 3 aromatic rings. The number of hydrogen-bond donors (Lipinski definition) is 2. The first-order chi connectivity index (χ1) is 8.92. The number of H-pyrrole nitrogens is 1. The minimum absolute atomic E-state index is 0.501. The van der Waals surface area contributed by atoms with Gasteiger partial charge in [0, 0.05) is 18.6 Å². The molecule has 6 heteroatoms. The molecule has 0 aliphatic rings. The highest BCUT2D eigenvalue weighted by Crippen LogP contribution is 2.15. The van der Waals surface area contributed by atoms with Crippen LogP contribution in [0.25, 0.3) is 11.4 Å². The van der Waals surface area contributed by atoms with Crippen molar-refractivity contribution in [3.8, 4) is 11.4 Å². The van der Waals surface area contributed by atoms with E-state index in [0.29, 0.717) is 11.8 Å². The molecule has 6 nitrogen and oxygen atoms in total. The SMILES string of the molecule is c1ccc(Nc2nccc(-c3ccn[nH]3)n2)nc1. The molecule has 0 aliphatic carbocycles. The summed E-state index contributed by atoms with van der Waals surface area (Å²) in [5.41, 5.74) is 1.63. The van der Waals surface area contributed by atoms with E-state index in [0.717, 1.165) is 11.4 Å². The predicted molar refractivity (Wildman–Crippen MR) is 67.1 cm³/mol. The Hall–Kier alpha value is -2.76. The standard InChI is InChI=1S/C12H10N6/c1-2-6-13-11(3-1)17-12-14-7-4-9(16-12)10-5-8-15-18-10/h1-8H,(H,15,18)(H,13,14,16,17). The fourth-order valence-electron chi connectivity index (χ4n) is 1.52. The van der Waals surface area contributed by atoms with Gasteiger partial charge in [0.2, 0.25) is 5.95 Å². The highest BCUT2D eigenvalue weighted by molar-refractivity contribution is 5.56. The van der Waals surface area contributed by atoms with E-state index in [1.54, 1.807) is 18.6 Å². The number of aromatic nitrogens is 5. The van der Waals surface area contributed by atoms with Crippen molar-refractivity contribution in [3.63, 3.8) is 0 Å². The average molecular weight is 238 g/mol. The summed E-state index contributed by atoms with van der Waals surface area (Å²) >= 11 is 0. The lowest BCUT2D eigenvalue weighted by atomic mass is 10.3. The number of nitrogens with one attached hydrogen (secondary N) is 2. The highest BCUT2D eigenvalue weighted by Gasteiger charge is 2.03. The van der Waals surface area contributed by atoms with Crippen LogP contribution < -0.4 is 5.32 Å². The van der Waals surface area contributed by atoms with Crippen LogP contribution in [0.1, 0.15) is 0 Å². The highest BCUT2D eigenvalue weighted by atomic mass is 15.2. The molecule has 0 saturated carbocycles. The van der Waals surface area contributed by atoms with E-state index in [1.807, 2.05) is 30.3 Å². The summed E-state index contributed by atoms with van der Waals surface area (Å²) in [6, 6.07) is 9.28. The van der Waals surface area contributed by atoms with Gasteiger partial charge in [-0.15, -0.1) is 0 Å². The maximum Gasteiger partial charge on any atom is 0.228 e. The van der Waals surface area contributed by atoms with E-state index in [1.165, 1.54) is 0 Å². The molecule has 0 aliphatic heterocycles. The van der Waals surface area contributed by atoms with Crippen LogP contribution in [0.3, 0.4) is 0 Å². The molecule has 3 aromatic heterocycles. The third-order valence-electron chi connectivity index (χ3n) is 2.34. The molecule has 0 spiro atoms. The molecule has 0 saturated heterocycles. The zero-order chi connectivity index (χ0) is 12.2. The van der Waals surface area contributed by atoms with Crippen molar-refractivity contribution in [3.05, 3.63) is 48.9 Å². The van der Waals surface area contributed by atoms with Gasteiger partial charge < -0.3 is 5.32 Å². The van der Waals surface area contributed by atoms with Gasteiger partial charge >= 0.3 is 0 Å². The molecular weight excluding hydrogens is 228 g/mol. The van der Waals surface area contributed by atoms with Gasteiger partial charge in [0.15, 0.2) is 0 Å². The van der Waals surface area contributed by atoms with Crippen LogP contribution in [0.2, 0.25) is 0 Å². The van der Waals surface area contributed by atoms with Gasteiger partial charge in [-0.3, -0.25) is 5.10 Å². The van der Waals surface area contributed by atoms with Crippen LogP contribution in [0.4, 0.5) is 11.8 Å². The predicted octanol–water partition coefficient (Wildman–Crippen LogP) is 2.01. The Balaban J connectivity index is 1.88.